The molecule has 1 N–H and O–H groups in total. The van der Waals surface area contributed by atoms with Crippen molar-refractivity contribution in [2.45, 2.75) is 0 Å². The zero-order valence-electron chi connectivity index (χ0n) is 5.12. The molecule has 0 rings (SSSR count). The smallest absolute Gasteiger partial charge is 0.519 e. The second kappa shape index (κ2) is 5.40. The maximum atomic E-state index is 8.62. The van der Waals surface area contributed by atoms with Crippen molar-refractivity contribution in [3.05, 3.63) is 25.5 Å². The minimum Gasteiger partial charge on any atom is -0.519 e. The molecule has 0 aliphatic heterocycles. The highest BCUT2D eigenvalue weighted by Crippen LogP contribution is 1.83. The predicted octanol–water partition coefficient (Wildman–Crippen LogP) is 0.326. The van der Waals surface area contributed by atoms with Gasteiger partial charge in [-0.3, -0.25) is 0 Å². The van der Waals surface area contributed by atoms with E-state index in [1.165, 1.54) is 6.08 Å². The Bertz CT molecular complexity index is 94.2. The van der Waals surface area contributed by atoms with Crippen LogP contribution in [0.25, 0.3) is 0 Å². The van der Waals surface area contributed by atoms with Gasteiger partial charge in [0.05, 0.1) is 12.9 Å². The topological polar surface area (TPSA) is 38.7 Å². The molecule has 9 heavy (non-hydrogen) atoms. The Labute approximate surface area is 54.8 Å². The van der Waals surface area contributed by atoms with Gasteiger partial charge < -0.3 is 14.3 Å². The van der Waals surface area contributed by atoms with Crippen LogP contribution in [0.5, 0.6) is 0 Å². The fraction of sp³-hybridized carbons (Fsp3) is 0.200. The van der Waals surface area contributed by atoms with Crippen molar-refractivity contribution >= 4 is 7.32 Å². The van der Waals surface area contributed by atoms with Gasteiger partial charge in [0.2, 0.25) is 0 Å². The van der Waals surface area contributed by atoms with Gasteiger partial charge in [-0.1, -0.05) is 12.7 Å². The van der Waals surface area contributed by atoms with Crippen molar-refractivity contribution in [2.75, 3.05) is 6.61 Å². The molecule has 0 aromatic rings. The molecule has 0 bridgehead atoms. The molecule has 4 heteroatoms. The van der Waals surface area contributed by atoms with Gasteiger partial charge in [0.1, 0.15) is 0 Å². The Kier molecular flexibility index (Phi) is 4.96. The molecule has 0 amide bonds. The molecule has 50 valence electrons. The van der Waals surface area contributed by atoms with Crippen LogP contribution in [-0.4, -0.2) is 19.0 Å². The van der Waals surface area contributed by atoms with Crippen molar-refractivity contribution in [1.29, 1.82) is 0 Å². The highest BCUT2D eigenvalue weighted by Gasteiger charge is 2.13. The molecule has 0 spiro atoms. The van der Waals surface area contributed by atoms with Gasteiger partial charge in [-0.15, -0.1) is 6.58 Å². The van der Waals surface area contributed by atoms with Crippen LogP contribution in [0.2, 0.25) is 0 Å². The zero-order chi connectivity index (χ0) is 7.11. The van der Waals surface area contributed by atoms with E-state index in [2.05, 4.69) is 22.5 Å². The minimum atomic E-state index is -1.22. The predicted molar refractivity (Wildman–Crippen MR) is 35.4 cm³/mol. The number of hydrogen-bond acceptors (Lipinski definition) is 3. The second-order valence-electron chi connectivity index (χ2n) is 1.23. The van der Waals surface area contributed by atoms with Gasteiger partial charge >= 0.3 is 7.32 Å². The summed E-state index contributed by atoms with van der Waals surface area (Å²) in [5.74, 6) is 0. The normalized spacial score (nSPS) is 8.11. The third-order valence-electron chi connectivity index (χ3n) is 0.569. The molecule has 0 aromatic carbocycles. The lowest BCUT2D eigenvalue weighted by molar-refractivity contribution is 0.194. The molecule has 3 nitrogen and oxygen atoms in total. The van der Waals surface area contributed by atoms with Crippen LogP contribution in [0.15, 0.2) is 25.5 Å². The summed E-state index contributed by atoms with van der Waals surface area (Å²) >= 11 is 0. The van der Waals surface area contributed by atoms with Crippen LogP contribution >= 0.6 is 0 Å². The van der Waals surface area contributed by atoms with Gasteiger partial charge in [0, 0.05) is 0 Å². The Hall–Kier alpha value is -0.735. The summed E-state index contributed by atoms with van der Waals surface area (Å²) in [7, 11) is -1.22. The molecular formula is C5H9BO3. The van der Waals surface area contributed by atoms with Crippen LogP contribution in [0.4, 0.5) is 0 Å². The van der Waals surface area contributed by atoms with E-state index in [0.717, 1.165) is 6.26 Å². The number of hydrogen-bond donors (Lipinski definition) is 1. The van der Waals surface area contributed by atoms with Crippen LogP contribution < -0.4 is 0 Å². The molecule has 0 radical (unpaired) electrons. The SMILES string of the molecule is C=CCOB(O)OC=C. The summed E-state index contributed by atoms with van der Waals surface area (Å²) < 4.78 is 8.97. The van der Waals surface area contributed by atoms with E-state index in [0.29, 0.717) is 0 Å². The molecule has 0 heterocycles. The average molecular weight is 128 g/mol. The largest absolute Gasteiger partial charge is 0.710 e. The Morgan fingerprint density at radius 1 is 1.56 bits per heavy atom. The van der Waals surface area contributed by atoms with Crippen molar-refractivity contribution < 1.29 is 14.3 Å². The van der Waals surface area contributed by atoms with Crippen molar-refractivity contribution in [1.82, 2.24) is 0 Å². The fourth-order valence-electron chi connectivity index (χ4n) is 0.272. The van der Waals surface area contributed by atoms with Gasteiger partial charge in [-0.05, 0) is 0 Å². The van der Waals surface area contributed by atoms with Crippen LogP contribution in [0.3, 0.4) is 0 Å². The van der Waals surface area contributed by atoms with E-state index in [1.807, 2.05) is 0 Å². The van der Waals surface area contributed by atoms with Crippen LogP contribution in [0.1, 0.15) is 0 Å². The van der Waals surface area contributed by atoms with Crippen molar-refractivity contribution in [3.63, 3.8) is 0 Å². The Balaban J connectivity index is 3.14. The maximum Gasteiger partial charge on any atom is 0.710 e. The summed E-state index contributed by atoms with van der Waals surface area (Å²) in [6.07, 6.45) is 2.61. The van der Waals surface area contributed by atoms with Gasteiger partial charge in [-0.25, -0.2) is 0 Å². The molecule has 0 aromatic heterocycles. The molecule has 0 fully saturated rings. The van der Waals surface area contributed by atoms with Gasteiger partial charge in [-0.2, -0.15) is 0 Å². The van der Waals surface area contributed by atoms with E-state index in [9.17, 15) is 0 Å². The molecule has 0 saturated carbocycles. The molecular weight excluding hydrogens is 119 g/mol. The lowest BCUT2D eigenvalue weighted by Crippen LogP contribution is -2.19. The first-order chi connectivity index (χ1) is 4.31. The molecule has 0 unspecified atom stereocenters. The molecule has 0 aliphatic carbocycles. The van der Waals surface area contributed by atoms with Gasteiger partial charge in [0.15, 0.2) is 0 Å². The van der Waals surface area contributed by atoms with Gasteiger partial charge in [0.25, 0.3) is 0 Å². The van der Waals surface area contributed by atoms with E-state index >= 15 is 0 Å². The first-order valence-corrected chi connectivity index (χ1v) is 2.48. The average Bonchev–Trinajstić information content (AvgIpc) is 1.85. The number of rotatable bonds is 5. The molecule has 0 saturated heterocycles. The first kappa shape index (κ1) is 8.26. The van der Waals surface area contributed by atoms with E-state index in [-0.39, 0.29) is 6.61 Å². The molecule has 0 aliphatic rings. The second-order valence-corrected chi connectivity index (χ2v) is 1.23. The zero-order valence-corrected chi connectivity index (χ0v) is 5.12. The summed E-state index contributed by atoms with van der Waals surface area (Å²) in [4.78, 5) is 0. The monoisotopic (exact) mass is 128 g/mol. The highest BCUT2D eigenvalue weighted by molar-refractivity contribution is 6.34. The quantitative estimate of drug-likeness (QED) is 0.329. The van der Waals surface area contributed by atoms with Crippen LogP contribution in [-0.2, 0) is 9.31 Å². The van der Waals surface area contributed by atoms with Crippen molar-refractivity contribution in [3.8, 4) is 0 Å². The molecule has 0 atom stereocenters. The Morgan fingerprint density at radius 2 is 2.22 bits per heavy atom. The Morgan fingerprint density at radius 3 is 2.67 bits per heavy atom. The third-order valence-corrected chi connectivity index (χ3v) is 0.569. The standard InChI is InChI=1S/C5H9BO3/c1-3-5-9-6(7)8-4-2/h3-4,7H,1-2,5H2. The highest BCUT2D eigenvalue weighted by atomic mass is 16.7. The van der Waals surface area contributed by atoms with E-state index < -0.39 is 7.32 Å². The van der Waals surface area contributed by atoms with E-state index in [4.69, 9.17) is 5.02 Å². The van der Waals surface area contributed by atoms with Crippen molar-refractivity contribution in [2.24, 2.45) is 0 Å². The summed E-state index contributed by atoms with van der Waals surface area (Å²) in [5, 5.41) is 8.62. The fourth-order valence-corrected chi connectivity index (χ4v) is 0.272. The van der Waals surface area contributed by atoms with E-state index in [1.54, 1.807) is 0 Å². The summed E-state index contributed by atoms with van der Waals surface area (Å²) in [5.41, 5.74) is 0. The summed E-state index contributed by atoms with van der Waals surface area (Å²) in [6, 6.07) is 0. The summed E-state index contributed by atoms with van der Waals surface area (Å²) in [6.45, 7) is 6.85. The third kappa shape index (κ3) is 5.13. The maximum absolute atomic E-state index is 8.62. The lowest BCUT2D eigenvalue weighted by atomic mass is 10.2. The lowest BCUT2D eigenvalue weighted by Gasteiger charge is -2.01. The van der Waals surface area contributed by atoms with Crippen LogP contribution in [0, 0.1) is 0 Å². The first-order valence-electron chi connectivity index (χ1n) is 2.48. The minimum absolute atomic E-state index is 0.259.